The highest BCUT2D eigenvalue weighted by molar-refractivity contribution is 8.01. The molecule has 2 aromatic carbocycles. The van der Waals surface area contributed by atoms with Crippen LogP contribution in [0.5, 0.6) is 0 Å². The number of nitrogens with zero attached hydrogens (tertiary/aromatic N) is 4. The molecule has 15 heteroatoms. The molecule has 0 bridgehead atoms. The molecule has 232 valence electrons. The molecule has 3 heterocycles. The molecule has 0 aliphatic carbocycles. The average Bonchev–Trinajstić information content (AvgIpc) is 3.49. The van der Waals surface area contributed by atoms with Crippen molar-refractivity contribution in [2.24, 2.45) is 0 Å². The monoisotopic (exact) mass is 624 g/mol. The number of para-hydroxylation sites is 1. The number of benzene rings is 2. The normalized spacial score (nSPS) is 26.2. The molecule has 2 aliphatic heterocycles. The number of aliphatic hydroxyl groups is 4. The third-order valence-corrected chi connectivity index (χ3v) is 9.33. The summed E-state index contributed by atoms with van der Waals surface area (Å²) in [7, 11) is 1.56. The lowest BCUT2D eigenvalue weighted by Crippen LogP contribution is -2.58. The summed E-state index contributed by atoms with van der Waals surface area (Å²) < 4.78 is 53.5. The van der Waals surface area contributed by atoms with Gasteiger partial charge in [0.05, 0.1) is 18.4 Å². The number of halogens is 3. The number of anilines is 1. The van der Waals surface area contributed by atoms with Crippen molar-refractivity contribution in [3.05, 3.63) is 66.1 Å². The first kappa shape index (κ1) is 31.4. The number of amides is 1. The van der Waals surface area contributed by atoms with Crippen molar-refractivity contribution in [3.8, 4) is 11.3 Å². The second-order valence-corrected chi connectivity index (χ2v) is 11.7. The van der Waals surface area contributed by atoms with Gasteiger partial charge in [-0.2, -0.15) is 0 Å². The molecule has 1 aromatic heterocycles. The molecule has 2 saturated heterocycles. The van der Waals surface area contributed by atoms with Gasteiger partial charge in [0.15, 0.2) is 17.5 Å². The van der Waals surface area contributed by atoms with Gasteiger partial charge < -0.3 is 34.8 Å². The maximum absolute atomic E-state index is 13.9. The lowest BCUT2D eigenvalue weighted by atomic mass is 9.89. The summed E-state index contributed by atoms with van der Waals surface area (Å²) in [5.74, 6) is -4.99. The van der Waals surface area contributed by atoms with Gasteiger partial charge in [0.1, 0.15) is 40.7 Å². The van der Waals surface area contributed by atoms with E-state index in [2.05, 4.69) is 10.3 Å². The maximum Gasteiger partial charge on any atom is 0.242 e. The van der Waals surface area contributed by atoms with Crippen LogP contribution in [-0.4, -0.2) is 103 Å². The van der Waals surface area contributed by atoms with Crippen LogP contribution in [-0.2, 0) is 14.3 Å². The van der Waals surface area contributed by atoms with E-state index in [1.54, 1.807) is 37.4 Å². The first-order valence-corrected chi connectivity index (χ1v) is 14.5. The third kappa shape index (κ3) is 6.29. The fourth-order valence-electron chi connectivity index (χ4n) is 5.24. The molecule has 0 saturated carbocycles. The second-order valence-electron chi connectivity index (χ2n) is 10.5. The average molecular weight is 625 g/mol. The van der Waals surface area contributed by atoms with Gasteiger partial charge in [-0.05, 0) is 24.3 Å². The van der Waals surface area contributed by atoms with Crippen molar-refractivity contribution < 1.29 is 47.9 Å². The number of rotatable bonds is 8. The number of hydrogen-bond donors (Lipinski definition) is 4. The van der Waals surface area contributed by atoms with Crippen LogP contribution in [0.2, 0.25) is 0 Å². The molecule has 3 aromatic rings. The van der Waals surface area contributed by atoms with E-state index in [-0.39, 0.29) is 37.3 Å². The molecule has 4 N–H and O–H groups in total. The van der Waals surface area contributed by atoms with E-state index in [1.807, 2.05) is 0 Å². The molecule has 1 unspecified atom stereocenters. The highest BCUT2D eigenvalue weighted by Gasteiger charge is 2.51. The maximum atomic E-state index is 13.9. The van der Waals surface area contributed by atoms with E-state index in [4.69, 9.17) is 9.47 Å². The predicted octanol–water partition coefficient (Wildman–Crippen LogP) is 1.65. The van der Waals surface area contributed by atoms with Crippen LogP contribution in [0.3, 0.4) is 0 Å². The highest BCUT2D eigenvalue weighted by atomic mass is 32.2. The lowest BCUT2D eigenvalue weighted by molar-refractivity contribution is -0.179. The zero-order valence-electron chi connectivity index (χ0n) is 23.0. The molecule has 0 spiro atoms. The van der Waals surface area contributed by atoms with Crippen molar-refractivity contribution in [1.29, 1.82) is 0 Å². The van der Waals surface area contributed by atoms with Gasteiger partial charge in [-0.1, -0.05) is 23.4 Å². The largest absolute Gasteiger partial charge is 0.394 e. The summed E-state index contributed by atoms with van der Waals surface area (Å²) in [5, 5.41) is 50.7. The van der Waals surface area contributed by atoms with Crippen molar-refractivity contribution in [2.75, 3.05) is 31.8 Å². The molecule has 2 aliphatic rings. The van der Waals surface area contributed by atoms with Gasteiger partial charge in [0.2, 0.25) is 5.91 Å². The van der Waals surface area contributed by atoms with Gasteiger partial charge in [-0.15, -0.1) is 16.9 Å². The Morgan fingerprint density at radius 1 is 1.14 bits per heavy atom. The zero-order chi connectivity index (χ0) is 30.9. The first-order valence-electron chi connectivity index (χ1n) is 13.5. The Balaban J connectivity index is 1.45. The SMILES string of the molecule is CN(C(=O)C(S[C@@H]1O[C@H](CO)[C@H](O)[C@H](n2cc(-c3cc(F)c(F)c(F)c3)nn2)[C@H]1O)C1(O)CCOCC1)c1ccccc1. The van der Waals surface area contributed by atoms with Crippen molar-refractivity contribution in [2.45, 2.75) is 53.5 Å². The summed E-state index contributed by atoms with van der Waals surface area (Å²) in [6, 6.07) is 8.94. The highest BCUT2D eigenvalue weighted by Crippen LogP contribution is 2.42. The van der Waals surface area contributed by atoms with Gasteiger partial charge >= 0.3 is 0 Å². The van der Waals surface area contributed by atoms with Crippen LogP contribution in [0.25, 0.3) is 11.3 Å². The summed E-state index contributed by atoms with van der Waals surface area (Å²) in [5.41, 5.74) is -2.45. The number of aromatic nitrogens is 3. The van der Waals surface area contributed by atoms with Gasteiger partial charge in [0, 0.05) is 44.4 Å². The molecular weight excluding hydrogens is 593 g/mol. The summed E-state index contributed by atoms with van der Waals surface area (Å²) in [4.78, 5) is 15.3. The summed E-state index contributed by atoms with van der Waals surface area (Å²) in [6.45, 7) is -0.258. The van der Waals surface area contributed by atoms with Crippen molar-refractivity contribution >= 4 is 23.4 Å². The van der Waals surface area contributed by atoms with E-state index >= 15 is 0 Å². The van der Waals surface area contributed by atoms with E-state index in [1.165, 1.54) is 11.1 Å². The number of hydrogen-bond acceptors (Lipinski definition) is 10. The Bertz CT molecular complexity index is 1410. The Labute approximate surface area is 248 Å². The first-order chi connectivity index (χ1) is 20.5. The van der Waals surface area contributed by atoms with Crippen molar-refractivity contribution in [3.63, 3.8) is 0 Å². The number of carbonyl (C=O) groups excluding carboxylic acids is 1. The Morgan fingerprint density at radius 2 is 1.79 bits per heavy atom. The minimum absolute atomic E-state index is 0.0810. The van der Waals surface area contributed by atoms with E-state index in [0.29, 0.717) is 5.69 Å². The molecule has 6 atom stereocenters. The quantitative estimate of drug-likeness (QED) is 0.273. The van der Waals surface area contributed by atoms with Crippen LogP contribution in [0.1, 0.15) is 18.9 Å². The standard InChI is InChI=1S/C28H31F3N4O7S/c1-34(16-5-3-2-4-6-16)26(39)25(28(40)7-9-41-10-8-28)43-27-24(38)22(23(37)20(14-36)42-27)35-13-19(32-33-35)15-11-17(29)21(31)18(30)12-15/h2-6,11-13,20,22-25,27,36-38,40H,7-10,14H2,1H3/t20-,22+,23+,24-,25?,27+/m1/s1. The number of ether oxygens (including phenoxy) is 2. The van der Waals surface area contributed by atoms with Gasteiger partial charge in [-0.3, -0.25) is 4.79 Å². The zero-order valence-corrected chi connectivity index (χ0v) is 23.8. The molecule has 2 fully saturated rings. The van der Waals surface area contributed by atoms with Crippen LogP contribution >= 0.6 is 11.8 Å². The molecule has 11 nitrogen and oxygen atoms in total. The minimum Gasteiger partial charge on any atom is -0.394 e. The summed E-state index contributed by atoms with van der Waals surface area (Å²) >= 11 is 0.845. The van der Waals surface area contributed by atoms with Gasteiger partial charge in [0.25, 0.3) is 0 Å². The third-order valence-electron chi connectivity index (χ3n) is 7.76. The molecule has 0 radical (unpaired) electrons. The van der Waals surface area contributed by atoms with Crippen LogP contribution < -0.4 is 4.90 Å². The van der Waals surface area contributed by atoms with Crippen LogP contribution in [0, 0.1) is 17.5 Å². The lowest BCUT2D eigenvalue weighted by Gasteiger charge is -2.45. The van der Waals surface area contributed by atoms with Gasteiger partial charge in [-0.25, -0.2) is 17.9 Å². The Hall–Kier alpha value is -3.05. The van der Waals surface area contributed by atoms with Crippen LogP contribution in [0.4, 0.5) is 18.9 Å². The molecular formula is C28H31F3N4O7S. The topological polar surface area (TPSA) is 150 Å². The van der Waals surface area contributed by atoms with E-state index in [9.17, 15) is 38.4 Å². The fraction of sp³-hybridized carbons (Fsp3) is 0.464. The minimum atomic E-state index is -1.65. The van der Waals surface area contributed by atoms with Crippen molar-refractivity contribution in [1.82, 2.24) is 15.0 Å². The summed E-state index contributed by atoms with van der Waals surface area (Å²) in [6.07, 6.45) is -2.88. The number of thioether (sulfide) groups is 1. The second kappa shape index (κ2) is 12.9. The van der Waals surface area contributed by atoms with Crippen LogP contribution in [0.15, 0.2) is 48.7 Å². The number of aliphatic hydroxyl groups excluding tert-OH is 3. The smallest absolute Gasteiger partial charge is 0.242 e. The molecule has 5 rings (SSSR count). The Morgan fingerprint density at radius 3 is 2.42 bits per heavy atom. The molecule has 1 amide bonds. The predicted molar refractivity (Wildman–Crippen MR) is 148 cm³/mol. The molecule has 43 heavy (non-hydrogen) atoms. The number of carbonyl (C=O) groups is 1. The van der Waals surface area contributed by atoms with E-state index < -0.39 is 70.6 Å². The van der Waals surface area contributed by atoms with E-state index in [0.717, 1.165) is 28.6 Å². The Kier molecular flexibility index (Phi) is 9.41. The fourth-order valence-corrected chi connectivity index (χ4v) is 6.80.